The van der Waals surface area contributed by atoms with E-state index in [0.29, 0.717) is 6.54 Å². The highest BCUT2D eigenvalue weighted by molar-refractivity contribution is 7.07. The number of hydrogen-bond donors (Lipinski definition) is 1. The minimum atomic E-state index is -0.490. The Morgan fingerprint density at radius 3 is 2.91 bits per heavy atom. The van der Waals surface area contributed by atoms with Crippen LogP contribution in [0.2, 0.25) is 0 Å². The Morgan fingerprint density at radius 2 is 2.22 bits per heavy atom. The number of nitrogens with one attached hydrogen (secondary N) is 1. The molecule has 122 valence electrons. The predicted octanol–water partition coefficient (Wildman–Crippen LogP) is 3.09. The molecule has 2 rings (SSSR count). The second-order valence-corrected chi connectivity index (χ2v) is 5.84. The quantitative estimate of drug-likeness (QED) is 0.594. The maximum absolute atomic E-state index is 11.7. The third-order valence-electron chi connectivity index (χ3n) is 3.21. The van der Waals surface area contributed by atoms with Crippen LogP contribution in [-0.4, -0.2) is 24.0 Å². The van der Waals surface area contributed by atoms with Gasteiger partial charge in [-0.1, -0.05) is 6.07 Å². The van der Waals surface area contributed by atoms with Crippen molar-refractivity contribution in [3.8, 4) is 5.75 Å². The first-order chi connectivity index (χ1) is 11.1. The number of hydrogen-bond acceptors (Lipinski definition) is 5. The van der Waals surface area contributed by atoms with Crippen molar-refractivity contribution in [3.05, 3.63) is 56.3 Å². The fourth-order valence-electron chi connectivity index (χ4n) is 2.01. The van der Waals surface area contributed by atoms with Crippen LogP contribution in [0.3, 0.4) is 0 Å². The summed E-state index contributed by atoms with van der Waals surface area (Å²) in [6.45, 7) is 2.50. The maximum Gasteiger partial charge on any atom is 0.310 e. The molecule has 1 heterocycles. The molecule has 0 unspecified atom stereocenters. The van der Waals surface area contributed by atoms with Crippen LogP contribution in [0.5, 0.6) is 5.75 Å². The molecule has 0 spiro atoms. The number of nitro groups is 1. The van der Waals surface area contributed by atoms with Gasteiger partial charge < -0.3 is 10.1 Å². The van der Waals surface area contributed by atoms with Crippen LogP contribution < -0.4 is 10.1 Å². The van der Waals surface area contributed by atoms with E-state index in [4.69, 9.17) is 4.74 Å². The number of nitrogens with zero attached hydrogens (tertiary/aromatic N) is 1. The van der Waals surface area contributed by atoms with Gasteiger partial charge in [0.15, 0.2) is 5.75 Å². The molecule has 0 bridgehead atoms. The molecule has 0 saturated heterocycles. The van der Waals surface area contributed by atoms with Gasteiger partial charge in [0.2, 0.25) is 5.91 Å². The Kier molecular flexibility index (Phi) is 6.10. The SMILES string of the molecule is Cc1ccc([N+](=O)[O-])c(OCCC(=O)NCCc2ccsc2)c1. The maximum atomic E-state index is 11.7. The summed E-state index contributed by atoms with van der Waals surface area (Å²) in [6, 6.07) is 6.69. The number of carbonyl (C=O) groups excluding carboxylic acids is 1. The Hall–Kier alpha value is -2.41. The van der Waals surface area contributed by atoms with Gasteiger partial charge in [0.1, 0.15) is 0 Å². The summed E-state index contributed by atoms with van der Waals surface area (Å²) < 4.78 is 5.40. The van der Waals surface area contributed by atoms with E-state index >= 15 is 0 Å². The van der Waals surface area contributed by atoms with E-state index in [0.717, 1.165) is 12.0 Å². The molecule has 0 saturated carbocycles. The van der Waals surface area contributed by atoms with Crippen molar-refractivity contribution in [2.75, 3.05) is 13.2 Å². The van der Waals surface area contributed by atoms with Gasteiger partial charge in [-0.05, 0) is 47.4 Å². The number of thiophene rings is 1. The molecule has 0 aliphatic carbocycles. The van der Waals surface area contributed by atoms with E-state index < -0.39 is 4.92 Å². The molecule has 0 radical (unpaired) electrons. The van der Waals surface area contributed by atoms with Crippen molar-refractivity contribution in [1.82, 2.24) is 5.32 Å². The van der Waals surface area contributed by atoms with Crippen LogP contribution in [0, 0.1) is 17.0 Å². The smallest absolute Gasteiger partial charge is 0.310 e. The van der Waals surface area contributed by atoms with Gasteiger partial charge in [-0.2, -0.15) is 11.3 Å². The zero-order valence-electron chi connectivity index (χ0n) is 12.8. The van der Waals surface area contributed by atoms with Gasteiger partial charge in [0.05, 0.1) is 18.0 Å². The highest BCUT2D eigenvalue weighted by Gasteiger charge is 2.15. The molecule has 1 N–H and O–H groups in total. The highest BCUT2D eigenvalue weighted by atomic mass is 32.1. The molecular weight excluding hydrogens is 316 g/mol. The third-order valence-corrected chi connectivity index (χ3v) is 3.95. The summed E-state index contributed by atoms with van der Waals surface area (Å²) in [5.41, 5.74) is 1.97. The molecule has 2 aromatic rings. The zero-order valence-corrected chi connectivity index (χ0v) is 13.6. The van der Waals surface area contributed by atoms with Crippen molar-refractivity contribution >= 4 is 22.9 Å². The summed E-state index contributed by atoms with van der Waals surface area (Å²) in [5, 5.41) is 17.8. The van der Waals surface area contributed by atoms with E-state index in [9.17, 15) is 14.9 Å². The number of benzene rings is 1. The molecule has 0 fully saturated rings. The first kappa shape index (κ1) is 17.0. The summed E-state index contributed by atoms with van der Waals surface area (Å²) in [4.78, 5) is 22.2. The van der Waals surface area contributed by atoms with Crippen molar-refractivity contribution in [3.63, 3.8) is 0 Å². The number of ether oxygens (including phenoxy) is 1. The average Bonchev–Trinajstić information content (AvgIpc) is 3.00. The zero-order chi connectivity index (χ0) is 16.7. The van der Waals surface area contributed by atoms with Crippen molar-refractivity contribution in [2.45, 2.75) is 19.8 Å². The molecule has 6 nitrogen and oxygen atoms in total. The van der Waals surface area contributed by atoms with Crippen LogP contribution in [0.4, 0.5) is 5.69 Å². The predicted molar refractivity (Wildman–Crippen MR) is 89.0 cm³/mol. The number of amides is 1. The van der Waals surface area contributed by atoms with Crippen LogP contribution in [0.15, 0.2) is 35.0 Å². The molecule has 0 aliphatic heterocycles. The lowest BCUT2D eigenvalue weighted by Crippen LogP contribution is -2.26. The Labute approximate surface area is 138 Å². The molecular formula is C16H18N2O4S. The minimum Gasteiger partial charge on any atom is -0.486 e. The fourth-order valence-corrected chi connectivity index (χ4v) is 2.71. The first-order valence-electron chi connectivity index (χ1n) is 7.22. The largest absolute Gasteiger partial charge is 0.486 e. The number of rotatable bonds is 8. The summed E-state index contributed by atoms with van der Waals surface area (Å²) in [6.07, 6.45) is 0.953. The van der Waals surface area contributed by atoms with Gasteiger partial charge in [-0.15, -0.1) is 0 Å². The average molecular weight is 334 g/mol. The molecule has 7 heteroatoms. The lowest BCUT2D eigenvalue weighted by molar-refractivity contribution is -0.385. The topological polar surface area (TPSA) is 81.5 Å². The highest BCUT2D eigenvalue weighted by Crippen LogP contribution is 2.27. The van der Waals surface area contributed by atoms with Crippen LogP contribution >= 0.6 is 11.3 Å². The standard InChI is InChI=1S/C16H18N2O4S/c1-12-2-3-14(18(20)21)15(10-12)22-8-5-16(19)17-7-4-13-6-9-23-11-13/h2-3,6,9-11H,4-5,7-8H2,1H3,(H,17,19). The van der Waals surface area contributed by atoms with E-state index in [2.05, 4.69) is 5.32 Å². The molecule has 1 aromatic heterocycles. The van der Waals surface area contributed by atoms with Gasteiger partial charge in [-0.25, -0.2) is 0 Å². The normalized spacial score (nSPS) is 10.3. The van der Waals surface area contributed by atoms with Crippen molar-refractivity contribution in [2.24, 2.45) is 0 Å². The van der Waals surface area contributed by atoms with Crippen molar-refractivity contribution in [1.29, 1.82) is 0 Å². The fraction of sp³-hybridized carbons (Fsp3) is 0.312. The van der Waals surface area contributed by atoms with Gasteiger partial charge in [0, 0.05) is 12.6 Å². The first-order valence-corrected chi connectivity index (χ1v) is 8.16. The Bertz CT molecular complexity index is 671. The van der Waals surface area contributed by atoms with Crippen LogP contribution in [0.25, 0.3) is 0 Å². The van der Waals surface area contributed by atoms with E-state index in [1.165, 1.54) is 11.6 Å². The lowest BCUT2D eigenvalue weighted by Gasteiger charge is -2.08. The summed E-state index contributed by atoms with van der Waals surface area (Å²) >= 11 is 1.63. The third kappa shape index (κ3) is 5.37. The molecule has 0 aliphatic rings. The van der Waals surface area contributed by atoms with Crippen molar-refractivity contribution < 1.29 is 14.5 Å². The summed E-state index contributed by atoms with van der Waals surface area (Å²) in [7, 11) is 0. The number of nitro benzene ring substituents is 1. The van der Waals surface area contributed by atoms with Crippen LogP contribution in [0.1, 0.15) is 17.5 Å². The van der Waals surface area contributed by atoms with Gasteiger partial charge in [-0.3, -0.25) is 14.9 Å². The number of aryl methyl sites for hydroxylation is 1. The van der Waals surface area contributed by atoms with Crippen LogP contribution in [-0.2, 0) is 11.2 Å². The van der Waals surface area contributed by atoms with Gasteiger partial charge in [0.25, 0.3) is 0 Å². The van der Waals surface area contributed by atoms with E-state index in [1.807, 2.05) is 23.8 Å². The second kappa shape index (κ2) is 8.28. The Morgan fingerprint density at radius 1 is 1.39 bits per heavy atom. The molecule has 1 aromatic carbocycles. The van der Waals surface area contributed by atoms with E-state index in [1.54, 1.807) is 23.5 Å². The van der Waals surface area contributed by atoms with E-state index in [-0.39, 0.29) is 30.4 Å². The lowest BCUT2D eigenvalue weighted by atomic mass is 10.2. The monoisotopic (exact) mass is 334 g/mol. The molecule has 0 atom stereocenters. The van der Waals surface area contributed by atoms with Gasteiger partial charge >= 0.3 is 5.69 Å². The molecule has 1 amide bonds. The minimum absolute atomic E-state index is 0.0894. The molecule has 23 heavy (non-hydrogen) atoms. The summed E-state index contributed by atoms with van der Waals surface area (Å²) in [5.74, 6) is 0.0663. The Balaban J connectivity index is 1.75. The number of carbonyl (C=O) groups is 1. The second-order valence-electron chi connectivity index (χ2n) is 5.06.